The van der Waals surface area contributed by atoms with Crippen LogP contribution in [0.3, 0.4) is 0 Å². The van der Waals surface area contributed by atoms with Crippen LogP contribution in [0.15, 0.2) is 12.3 Å². The van der Waals surface area contributed by atoms with Crippen LogP contribution < -0.4 is 0 Å². The van der Waals surface area contributed by atoms with Crippen molar-refractivity contribution in [1.29, 1.82) is 0 Å². The second-order valence-electron chi connectivity index (χ2n) is 2.00. The first-order valence-electron chi connectivity index (χ1n) is 3.26. The molecule has 1 atom stereocenters. The summed E-state index contributed by atoms with van der Waals surface area (Å²) < 4.78 is 28.4. The molecule has 0 aliphatic heterocycles. The summed E-state index contributed by atoms with van der Waals surface area (Å²) in [6, 6.07) is 0. The van der Waals surface area contributed by atoms with Gasteiger partial charge in [0.05, 0.1) is 6.26 Å². The molecule has 7 nitrogen and oxygen atoms in total. The van der Waals surface area contributed by atoms with Crippen molar-refractivity contribution in [2.75, 3.05) is 5.88 Å². The predicted octanol–water partition coefficient (Wildman–Crippen LogP) is 1.36. The minimum absolute atomic E-state index is 0.287. The van der Waals surface area contributed by atoms with Crippen LogP contribution in [0.4, 0.5) is 0 Å². The van der Waals surface area contributed by atoms with E-state index in [2.05, 4.69) is 8.83 Å². The lowest BCUT2D eigenvalue weighted by Gasteiger charge is -2.09. The van der Waals surface area contributed by atoms with Gasteiger partial charge in [0.15, 0.2) is 0 Å². The van der Waals surface area contributed by atoms with Crippen molar-refractivity contribution in [3.05, 3.63) is 12.3 Å². The predicted molar refractivity (Wildman–Crippen MR) is 48.5 cm³/mol. The van der Waals surface area contributed by atoms with E-state index >= 15 is 0 Å². The van der Waals surface area contributed by atoms with Crippen LogP contribution in [0.2, 0.25) is 0 Å². The van der Waals surface area contributed by atoms with Crippen LogP contribution >= 0.6 is 27.2 Å². The molecule has 0 spiro atoms. The first-order valence-corrected chi connectivity index (χ1v) is 6.82. The van der Waals surface area contributed by atoms with E-state index in [1.165, 1.54) is 6.08 Å². The molecule has 0 aliphatic rings. The third-order valence-electron chi connectivity index (χ3n) is 0.776. The monoisotopic (exact) mass is 266 g/mol. The Morgan fingerprint density at radius 3 is 2.29 bits per heavy atom. The van der Waals surface area contributed by atoms with Crippen LogP contribution in [-0.2, 0) is 18.0 Å². The minimum atomic E-state index is -5.04. The van der Waals surface area contributed by atoms with E-state index in [0.717, 1.165) is 6.26 Å². The fourth-order valence-corrected chi connectivity index (χ4v) is 2.00. The molecule has 0 radical (unpaired) electrons. The average Bonchev–Trinajstić information content (AvgIpc) is 1.93. The van der Waals surface area contributed by atoms with Gasteiger partial charge in [-0.3, -0.25) is 4.89 Å². The number of alkyl halides is 1. The number of halogens is 1. The van der Waals surface area contributed by atoms with Gasteiger partial charge in [-0.25, -0.2) is 9.13 Å². The number of allylic oxidation sites excluding steroid dienone is 1. The summed E-state index contributed by atoms with van der Waals surface area (Å²) in [6.07, 6.45) is 2.48. The molecule has 0 fully saturated rings. The zero-order chi connectivity index (χ0) is 11.2. The Kier molecular flexibility index (Phi) is 5.93. The van der Waals surface area contributed by atoms with E-state index < -0.39 is 15.6 Å². The second kappa shape index (κ2) is 5.88. The molecule has 0 aromatic carbocycles. The molecule has 84 valence electrons. The zero-order valence-electron chi connectivity index (χ0n) is 6.82. The average molecular weight is 267 g/mol. The van der Waals surface area contributed by atoms with Gasteiger partial charge in [0.2, 0.25) is 0 Å². The van der Waals surface area contributed by atoms with Gasteiger partial charge >= 0.3 is 15.6 Å². The van der Waals surface area contributed by atoms with Crippen molar-refractivity contribution in [3.8, 4) is 0 Å². The summed E-state index contributed by atoms with van der Waals surface area (Å²) in [5.41, 5.74) is 0. The van der Waals surface area contributed by atoms with Crippen molar-refractivity contribution < 1.29 is 32.6 Å². The van der Waals surface area contributed by atoms with Crippen LogP contribution in [0.25, 0.3) is 0 Å². The summed E-state index contributed by atoms with van der Waals surface area (Å²) in [5.74, 6) is 0.287. The first-order chi connectivity index (χ1) is 6.27. The van der Waals surface area contributed by atoms with Gasteiger partial charge in [0.1, 0.15) is 0 Å². The molecule has 0 rings (SSSR count). The molecule has 0 heterocycles. The maximum absolute atomic E-state index is 10.7. The Labute approximate surface area is 85.2 Å². The van der Waals surface area contributed by atoms with Gasteiger partial charge in [-0.05, 0) is 12.5 Å². The fourth-order valence-electron chi connectivity index (χ4n) is 0.405. The zero-order valence-corrected chi connectivity index (χ0v) is 9.36. The standard InChI is InChI=1S/C4H9ClO7P2/c5-3-1-2-4-11-14(9,10)12-13(6,7)8/h2,4H,1,3H2,(H,9,10)(H2,6,7,8). The highest BCUT2D eigenvalue weighted by Gasteiger charge is 2.32. The number of rotatable bonds is 6. The van der Waals surface area contributed by atoms with Crippen molar-refractivity contribution >= 4 is 27.2 Å². The van der Waals surface area contributed by atoms with Crippen LogP contribution in [0.1, 0.15) is 6.42 Å². The second-order valence-corrected chi connectivity index (χ2v) is 5.16. The van der Waals surface area contributed by atoms with Gasteiger partial charge in [0.25, 0.3) is 0 Å². The molecule has 3 N–H and O–H groups in total. The molecule has 0 saturated carbocycles. The third-order valence-corrected chi connectivity index (χ3v) is 3.06. The molecule has 0 amide bonds. The lowest BCUT2D eigenvalue weighted by molar-refractivity contribution is 0.216. The molecule has 14 heavy (non-hydrogen) atoms. The summed E-state index contributed by atoms with van der Waals surface area (Å²) in [7, 11) is -9.79. The van der Waals surface area contributed by atoms with Crippen molar-refractivity contribution in [3.63, 3.8) is 0 Å². The molecular formula is C4H9ClO7P2. The van der Waals surface area contributed by atoms with Crippen molar-refractivity contribution in [2.45, 2.75) is 6.42 Å². The van der Waals surface area contributed by atoms with Gasteiger partial charge in [-0.15, -0.1) is 11.6 Å². The quantitative estimate of drug-likeness (QED) is 0.378. The molecule has 10 heteroatoms. The van der Waals surface area contributed by atoms with Gasteiger partial charge in [-0.1, -0.05) is 0 Å². The molecule has 0 aromatic heterocycles. The van der Waals surface area contributed by atoms with Crippen LogP contribution in [-0.4, -0.2) is 20.6 Å². The largest absolute Gasteiger partial charge is 0.535 e. The normalized spacial score (nSPS) is 16.9. The number of phosphoric acid groups is 2. The smallest absolute Gasteiger partial charge is 0.412 e. The molecule has 0 bridgehead atoms. The molecule has 0 saturated heterocycles. The Morgan fingerprint density at radius 2 is 1.86 bits per heavy atom. The lowest BCUT2D eigenvalue weighted by atomic mass is 10.5. The minimum Gasteiger partial charge on any atom is -0.412 e. The maximum Gasteiger partial charge on any atom is 0.535 e. The Balaban J connectivity index is 4.09. The SMILES string of the molecule is O=P(O)(O)OP(=O)(O)OC=CCCCl. The van der Waals surface area contributed by atoms with Crippen molar-refractivity contribution in [1.82, 2.24) is 0 Å². The molecular weight excluding hydrogens is 257 g/mol. The van der Waals surface area contributed by atoms with Gasteiger partial charge in [0, 0.05) is 5.88 Å². The van der Waals surface area contributed by atoms with Crippen LogP contribution in [0, 0.1) is 0 Å². The number of hydrogen-bond acceptors (Lipinski definition) is 4. The van der Waals surface area contributed by atoms with Gasteiger partial charge in [-0.2, -0.15) is 4.31 Å². The third kappa shape index (κ3) is 8.72. The Hall–Kier alpha value is 0.130. The lowest BCUT2D eigenvalue weighted by Crippen LogP contribution is -1.88. The topological polar surface area (TPSA) is 113 Å². The summed E-state index contributed by atoms with van der Waals surface area (Å²) in [4.78, 5) is 25.1. The van der Waals surface area contributed by atoms with Crippen molar-refractivity contribution in [2.24, 2.45) is 0 Å². The highest BCUT2D eigenvalue weighted by molar-refractivity contribution is 7.60. The summed E-state index contributed by atoms with van der Waals surface area (Å²) in [6.45, 7) is 0. The molecule has 0 aromatic rings. The maximum atomic E-state index is 10.7. The molecule has 0 aliphatic carbocycles. The highest BCUT2D eigenvalue weighted by Crippen LogP contribution is 2.57. The van der Waals surface area contributed by atoms with E-state index in [9.17, 15) is 9.13 Å². The van der Waals surface area contributed by atoms with E-state index in [1.807, 2.05) is 0 Å². The molecule has 1 unspecified atom stereocenters. The Morgan fingerprint density at radius 1 is 1.29 bits per heavy atom. The fraction of sp³-hybridized carbons (Fsp3) is 0.500. The van der Waals surface area contributed by atoms with E-state index in [4.69, 9.17) is 26.3 Å². The summed E-state index contributed by atoms with van der Waals surface area (Å²) in [5, 5.41) is 0. The number of phosphoric ester groups is 1. The van der Waals surface area contributed by atoms with Gasteiger partial charge < -0.3 is 14.3 Å². The Bertz CT molecular complexity index is 283. The first kappa shape index (κ1) is 14.1. The summed E-state index contributed by atoms with van der Waals surface area (Å²) >= 11 is 5.26. The van der Waals surface area contributed by atoms with E-state index in [0.29, 0.717) is 6.42 Å². The number of hydrogen-bond donors (Lipinski definition) is 3. The highest BCUT2D eigenvalue weighted by atomic mass is 35.5. The van der Waals surface area contributed by atoms with E-state index in [-0.39, 0.29) is 5.88 Å². The van der Waals surface area contributed by atoms with Crippen LogP contribution in [0.5, 0.6) is 0 Å². The van der Waals surface area contributed by atoms with E-state index in [1.54, 1.807) is 0 Å².